The minimum absolute atomic E-state index is 0.639. The lowest BCUT2D eigenvalue weighted by atomic mass is 10.5. The van der Waals surface area contributed by atoms with Crippen LogP contribution in [0.4, 0.5) is 9.59 Å². The minimum Gasteiger partial charge on any atom is -0.361 e. The summed E-state index contributed by atoms with van der Waals surface area (Å²) in [7, 11) is 0. The van der Waals surface area contributed by atoms with Gasteiger partial charge in [0.05, 0.1) is 0 Å². The van der Waals surface area contributed by atoms with Crippen molar-refractivity contribution in [2.45, 2.75) is 0 Å². The third kappa shape index (κ3) is 45.1. The molecule has 0 aliphatic heterocycles. The lowest BCUT2D eigenvalue weighted by Crippen LogP contribution is -1.95. The normalized spacial score (nSPS) is 7.00. The van der Waals surface area contributed by atoms with Crippen LogP contribution in [-0.2, 0) is 0 Å². The number of amides is 2. The van der Waals surface area contributed by atoms with E-state index in [1.165, 1.54) is 0 Å². The molecule has 0 bridgehead atoms. The molecule has 2 amide bonds. The predicted molar refractivity (Wildman–Crippen MR) is 61.4 cm³/mol. The summed E-state index contributed by atoms with van der Waals surface area (Å²) < 4.78 is 0. The Hall–Kier alpha value is -1.21. The second kappa shape index (κ2) is 11.8. The summed E-state index contributed by atoms with van der Waals surface area (Å²) in [5.41, 5.74) is 8.67. The van der Waals surface area contributed by atoms with Crippen molar-refractivity contribution in [1.29, 1.82) is 0 Å². The average molecular weight is 233 g/mol. The second-order valence-corrected chi connectivity index (χ2v) is 2.58. The summed E-state index contributed by atoms with van der Waals surface area (Å²) >= 11 is 6.21. The number of hydrogen-bond acceptors (Lipinski definition) is 3. The smallest absolute Gasteiger partial charge is 0.273 e. The van der Waals surface area contributed by atoms with Crippen molar-refractivity contribution in [3.05, 3.63) is 30.6 Å². The molecule has 0 saturated heterocycles. The number of carbonyl (C=O) groups is 2. The fourth-order valence-corrected chi connectivity index (χ4v) is 0.313. The monoisotopic (exact) mass is 233 g/mol. The Balaban J connectivity index is 0. The quantitative estimate of drug-likeness (QED) is 0.504. The van der Waals surface area contributed by atoms with Crippen molar-refractivity contribution in [3.8, 4) is 0 Å². The number of nitrogens with zero attached hydrogens (tertiary/aromatic N) is 1. The highest BCUT2D eigenvalue weighted by atomic mass is 32.1. The highest BCUT2D eigenvalue weighted by molar-refractivity contribution is 7.96. The molecule has 78 valence electrons. The van der Waals surface area contributed by atoms with E-state index >= 15 is 0 Å². The molecule has 0 atom stereocenters. The molecule has 0 radical (unpaired) electrons. The second-order valence-electron chi connectivity index (χ2n) is 1.70. The van der Waals surface area contributed by atoms with Crippen LogP contribution in [0.1, 0.15) is 0 Å². The molecule has 0 unspecified atom stereocenters. The number of nitrogens with two attached hydrogens (primary N) is 2. The summed E-state index contributed by atoms with van der Waals surface area (Å²) in [6, 6.07) is 5.72. The zero-order valence-corrected chi connectivity index (χ0v) is 8.99. The van der Waals surface area contributed by atoms with E-state index in [2.05, 4.69) is 41.7 Å². The van der Waals surface area contributed by atoms with Crippen LogP contribution >= 0.6 is 25.3 Å². The van der Waals surface area contributed by atoms with Gasteiger partial charge in [-0.15, -0.1) is 0 Å². The van der Waals surface area contributed by atoms with E-state index in [-0.39, 0.29) is 0 Å². The molecule has 0 aliphatic carbocycles. The molecule has 1 rings (SSSR count). The molecular formula is C7H11N3O2S2. The van der Waals surface area contributed by atoms with Crippen molar-refractivity contribution in [2.24, 2.45) is 11.5 Å². The third-order valence-electron chi connectivity index (χ3n) is 0.566. The van der Waals surface area contributed by atoms with Crippen LogP contribution in [-0.4, -0.2) is 15.5 Å². The molecule has 7 heteroatoms. The molecule has 1 aromatic rings. The number of aromatic nitrogens is 1. The first-order valence-electron chi connectivity index (χ1n) is 3.28. The van der Waals surface area contributed by atoms with Gasteiger partial charge >= 0.3 is 0 Å². The van der Waals surface area contributed by atoms with Gasteiger partial charge in [0.2, 0.25) is 0 Å². The van der Waals surface area contributed by atoms with Crippen LogP contribution in [0.3, 0.4) is 0 Å². The Morgan fingerprint density at radius 1 is 0.929 bits per heavy atom. The Morgan fingerprint density at radius 3 is 1.29 bits per heavy atom. The van der Waals surface area contributed by atoms with Crippen LogP contribution in [0.15, 0.2) is 30.6 Å². The van der Waals surface area contributed by atoms with Crippen LogP contribution in [0.2, 0.25) is 0 Å². The van der Waals surface area contributed by atoms with Gasteiger partial charge in [-0.25, -0.2) is 0 Å². The van der Waals surface area contributed by atoms with Gasteiger partial charge in [-0.1, -0.05) is 31.3 Å². The number of primary amides is 2. The lowest BCUT2D eigenvalue weighted by molar-refractivity contribution is 0.266. The first kappa shape index (κ1) is 15.3. The fourth-order valence-electron chi connectivity index (χ4n) is 0.313. The predicted octanol–water partition coefficient (Wildman–Crippen LogP) is 1.07. The van der Waals surface area contributed by atoms with Crippen molar-refractivity contribution < 1.29 is 9.59 Å². The van der Waals surface area contributed by atoms with Gasteiger partial charge in [0.25, 0.3) is 10.5 Å². The van der Waals surface area contributed by atoms with Crippen molar-refractivity contribution in [2.75, 3.05) is 0 Å². The van der Waals surface area contributed by atoms with E-state index in [4.69, 9.17) is 9.59 Å². The molecule has 0 saturated carbocycles. The van der Waals surface area contributed by atoms with Gasteiger partial charge in [-0.05, 0) is 12.1 Å². The molecule has 4 N–H and O–H groups in total. The number of pyridine rings is 1. The first-order chi connectivity index (χ1) is 6.46. The van der Waals surface area contributed by atoms with Gasteiger partial charge in [0.15, 0.2) is 0 Å². The van der Waals surface area contributed by atoms with E-state index < -0.39 is 10.5 Å². The zero-order chi connectivity index (χ0) is 11.4. The van der Waals surface area contributed by atoms with E-state index in [9.17, 15) is 0 Å². The van der Waals surface area contributed by atoms with Gasteiger partial charge in [-0.2, -0.15) is 0 Å². The Kier molecular flexibility index (Phi) is 12.9. The van der Waals surface area contributed by atoms with E-state index in [1.54, 1.807) is 12.4 Å². The summed E-state index contributed by atoms with van der Waals surface area (Å²) in [6.45, 7) is 0. The Morgan fingerprint density at radius 2 is 1.21 bits per heavy atom. The Labute approximate surface area is 92.7 Å². The van der Waals surface area contributed by atoms with E-state index in [1.807, 2.05) is 18.2 Å². The van der Waals surface area contributed by atoms with E-state index in [0.29, 0.717) is 0 Å². The molecule has 5 nitrogen and oxygen atoms in total. The molecular weight excluding hydrogens is 222 g/mol. The maximum atomic E-state index is 9.09. The first-order valence-corrected chi connectivity index (χ1v) is 4.18. The summed E-state index contributed by atoms with van der Waals surface area (Å²) in [5, 5.41) is -1.28. The van der Waals surface area contributed by atoms with Gasteiger partial charge in [0.1, 0.15) is 0 Å². The molecule has 0 spiro atoms. The topological polar surface area (TPSA) is 99.1 Å². The van der Waals surface area contributed by atoms with Crippen molar-refractivity contribution >= 4 is 35.7 Å². The van der Waals surface area contributed by atoms with Gasteiger partial charge < -0.3 is 11.5 Å². The molecule has 0 aromatic carbocycles. The van der Waals surface area contributed by atoms with Gasteiger partial charge in [0, 0.05) is 12.4 Å². The summed E-state index contributed by atoms with van der Waals surface area (Å²) in [4.78, 5) is 22.0. The highest BCUT2D eigenvalue weighted by Gasteiger charge is 1.63. The standard InChI is InChI=1S/C5H5N.2CH3NOS/c1-2-4-6-5-3-1;2*2-1(3)4/h1-5H;2*(H3,2,3,4). The maximum absolute atomic E-state index is 9.09. The molecule has 1 heterocycles. The van der Waals surface area contributed by atoms with Crippen LogP contribution in [0.5, 0.6) is 0 Å². The lowest BCUT2D eigenvalue weighted by Gasteiger charge is -1.70. The molecule has 0 aliphatic rings. The largest absolute Gasteiger partial charge is 0.361 e. The minimum atomic E-state index is -0.639. The summed E-state index contributed by atoms with van der Waals surface area (Å²) in [6.07, 6.45) is 3.50. The van der Waals surface area contributed by atoms with Crippen LogP contribution in [0, 0.1) is 0 Å². The highest BCUT2D eigenvalue weighted by Crippen LogP contribution is 1.73. The van der Waals surface area contributed by atoms with Crippen LogP contribution in [0.25, 0.3) is 0 Å². The number of rotatable bonds is 0. The maximum Gasteiger partial charge on any atom is 0.273 e. The average Bonchev–Trinajstić information content (AvgIpc) is 2.05. The molecule has 14 heavy (non-hydrogen) atoms. The SMILES string of the molecule is NC(=O)S.NC(=O)S.c1ccncc1. The van der Waals surface area contributed by atoms with Crippen molar-refractivity contribution in [1.82, 2.24) is 4.98 Å². The fraction of sp³-hybridized carbons (Fsp3) is 0. The molecule has 1 aromatic heterocycles. The zero-order valence-electron chi connectivity index (χ0n) is 7.20. The van der Waals surface area contributed by atoms with Crippen molar-refractivity contribution in [3.63, 3.8) is 0 Å². The number of thiol groups is 2. The van der Waals surface area contributed by atoms with E-state index in [0.717, 1.165) is 0 Å². The van der Waals surface area contributed by atoms with Gasteiger partial charge in [-0.3, -0.25) is 14.6 Å². The Bertz CT molecular complexity index is 210. The number of hydrogen-bond donors (Lipinski definition) is 4. The number of carbonyl (C=O) groups excluding carboxylic acids is 2. The summed E-state index contributed by atoms with van der Waals surface area (Å²) in [5.74, 6) is 0. The van der Waals surface area contributed by atoms with Crippen LogP contribution < -0.4 is 11.5 Å². The third-order valence-corrected chi connectivity index (χ3v) is 0.566. The molecule has 0 fully saturated rings.